The van der Waals surface area contributed by atoms with Crippen LogP contribution >= 0.6 is 11.3 Å². The Hall–Kier alpha value is -0.700. The summed E-state index contributed by atoms with van der Waals surface area (Å²) < 4.78 is 27.1. The molecule has 0 unspecified atom stereocenters. The fourth-order valence-electron chi connectivity index (χ4n) is 2.05. The van der Waals surface area contributed by atoms with Gasteiger partial charge in [-0.15, -0.1) is 0 Å². The standard InChI is InChI=1S/C10H17N3O3S2/c1-7-9(17-10(14)11-7)18(15,16)12-8-3-5-13(2)6-4-8/h8,12H,3-6H2,1-2H3,(H,11,14). The summed E-state index contributed by atoms with van der Waals surface area (Å²) in [7, 11) is -1.55. The molecule has 1 aliphatic heterocycles. The van der Waals surface area contributed by atoms with Crippen LogP contribution in [0.25, 0.3) is 0 Å². The number of hydrogen-bond acceptors (Lipinski definition) is 5. The summed E-state index contributed by atoms with van der Waals surface area (Å²) in [6, 6.07) is -0.0391. The molecule has 0 spiro atoms. The summed E-state index contributed by atoms with van der Waals surface area (Å²) in [6.45, 7) is 3.37. The summed E-state index contributed by atoms with van der Waals surface area (Å²) in [6.07, 6.45) is 1.60. The third kappa shape index (κ3) is 3.00. The molecule has 1 aliphatic rings. The Labute approximate surface area is 110 Å². The van der Waals surface area contributed by atoms with Gasteiger partial charge in [0.05, 0.1) is 0 Å². The number of likely N-dealkylation sites (tertiary alicyclic amines) is 1. The van der Waals surface area contributed by atoms with Crippen LogP contribution < -0.4 is 9.60 Å². The molecular weight excluding hydrogens is 274 g/mol. The molecule has 1 fully saturated rings. The molecule has 0 radical (unpaired) electrons. The van der Waals surface area contributed by atoms with Gasteiger partial charge in [0.1, 0.15) is 0 Å². The lowest BCUT2D eigenvalue weighted by molar-refractivity contribution is 0.248. The number of sulfonamides is 1. The predicted octanol–water partition coefficient (Wildman–Crippen LogP) is 0.117. The van der Waals surface area contributed by atoms with Crippen molar-refractivity contribution in [1.29, 1.82) is 0 Å². The van der Waals surface area contributed by atoms with E-state index in [1.54, 1.807) is 6.92 Å². The fourth-order valence-corrected chi connectivity index (χ4v) is 4.67. The zero-order valence-corrected chi connectivity index (χ0v) is 12.0. The summed E-state index contributed by atoms with van der Waals surface area (Å²) in [5.41, 5.74) is 0.408. The van der Waals surface area contributed by atoms with Crippen molar-refractivity contribution in [2.75, 3.05) is 20.1 Å². The minimum absolute atomic E-state index is 0.0391. The molecule has 0 aromatic carbocycles. The third-order valence-electron chi connectivity index (χ3n) is 3.07. The van der Waals surface area contributed by atoms with E-state index in [0.29, 0.717) is 5.69 Å². The molecule has 1 saturated heterocycles. The first kappa shape index (κ1) is 13.7. The van der Waals surface area contributed by atoms with Crippen molar-refractivity contribution in [2.24, 2.45) is 0 Å². The Morgan fingerprint density at radius 3 is 2.50 bits per heavy atom. The molecule has 6 nitrogen and oxygen atoms in total. The van der Waals surface area contributed by atoms with Crippen molar-refractivity contribution in [2.45, 2.75) is 30.0 Å². The van der Waals surface area contributed by atoms with Crippen molar-refractivity contribution in [3.8, 4) is 0 Å². The highest BCUT2D eigenvalue weighted by molar-refractivity contribution is 7.91. The highest BCUT2D eigenvalue weighted by atomic mass is 32.2. The first-order valence-electron chi connectivity index (χ1n) is 5.79. The number of aryl methyl sites for hydroxylation is 1. The van der Waals surface area contributed by atoms with E-state index in [4.69, 9.17) is 0 Å². The maximum Gasteiger partial charge on any atom is 0.305 e. The summed E-state index contributed by atoms with van der Waals surface area (Å²) in [5.74, 6) is 0. The average molecular weight is 291 g/mol. The molecule has 2 heterocycles. The number of aromatic nitrogens is 1. The zero-order valence-electron chi connectivity index (χ0n) is 10.4. The average Bonchev–Trinajstić information content (AvgIpc) is 2.62. The van der Waals surface area contributed by atoms with Gasteiger partial charge in [-0.2, -0.15) is 0 Å². The fraction of sp³-hybridized carbons (Fsp3) is 0.700. The lowest BCUT2D eigenvalue weighted by atomic mass is 10.1. The molecule has 8 heteroatoms. The highest BCUT2D eigenvalue weighted by Gasteiger charge is 2.26. The maximum atomic E-state index is 12.1. The molecule has 1 aromatic rings. The van der Waals surface area contributed by atoms with Gasteiger partial charge >= 0.3 is 4.87 Å². The Bertz CT molecular complexity index is 567. The van der Waals surface area contributed by atoms with E-state index >= 15 is 0 Å². The quantitative estimate of drug-likeness (QED) is 0.828. The first-order chi connectivity index (χ1) is 8.38. The number of piperidine rings is 1. The molecule has 0 bridgehead atoms. The predicted molar refractivity (Wildman–Crippen MR) is 70.5 cm³/mol. The van der Waals surface area contributed by atoms with E-state index in [-0.39, 0.29) is 15.1 Å². The van der Waals surface area contributed by atoms with Crippen molar-refractivity contribution in [3.05, 3.63) is 15.4 Å². The topological polar surface area (TPSA) is 82.3 Å². The van der Waals surface area contributed by atoms with Crippen LogP contribution in [0, 0.1) is 6.92 Å². The number of thiazole rings is 1. The number of hydrogen-bond donors (Lipinski definition) is 2. The van der Waals surface area contributed by atoms with Gasteiger partial charge in [0.2, 0.25) is 0 Å². The highest BCUT2D eigenvalue weighted by Crippen LogP contribution is 2.18. The van der Waals surface area contributed by atoms with Crippen LogP contribution in [-0.4, -0.2) is 44.5 Å². The first-order valence-corrected chi connectivity index (χ1v) is 8.09. The summed E-state index contributed by atoms with van der Waals surface area (Å²) in [4.78, 5) is 15.5. The molecule has 1 aromatic heterocycles. The molecular formula is C10H17N3O3S2. The Balaban J connectivity index is 2.13. The second-order valence-electron chi connectivity index (χ2n) is 4.63. The van der Waals surface area contributed by atoms with Crippen LogP contribution in [0.2, 0.25) is 0 Å². The Morgan fingerprint density at radius 2 is 2.00 bits per heavy atom. The van der Waals surface area contributed by atoms with Crippen LogP contribution in [-0.2, 0) is 10.0 Å². The smallest absolute Gasteiger partial charge is 0.305 e. The lowest BCUT2D eigenvalue weighted by Gasteiger charge is -2.29. The molecule has 0 aliphatic carbocycles. The molecule has 18 heavy (non-hydrogen) atoms. The van der Waals surface area contributed by atoms with Crippen molar-refractivity contribution in [1.82, 2.24) is 14.6 Å². The van der Waals surface area contributed by atoms with Crippen LogP contribution in [0.4, 0.5) is 0 Å². The largest absolute Gasteiger partial charge is 0.315 e. The molecule has 0 saturated carbocycles. The molecule has 2 N–H and O–H groups in total. The Morgan fingerprint density at radius 1 is 1.39 bits per heavy atom. The lowest BCUT2D eigenvalue weighted by Crippen LogP contribution is -2.43. The Kier molecular flexibility index (Phi) is 3.90. The number of nitrogens with zero attached hydrogens (tertiary/aromatic N) is 1. The molecule has 0 atom stereocenters. The van der Waals surface area contributed by atoms with E-state index in [1.807, 2.05) is 7.05 Å². The minimum Gasteiger partial charge on any atom is -0.315 e. The molecule has 0 amide bonds. The van der Waals surface area contributed by atoms with E-state index in [0.717, 1.165) is 37.3 Å². The van der Waals surface area contributed by atoms with Gasteiger partial charge in [-0.1, -0.05) is 11.3 Å². The van der Waals surface area contributed by atoms with E-state index in [9.17, 15) is 13.2 Å². The number of nitrogens with one attached hydrogen (secondary N) is 2. The summed E-state index contributed by atoms with van der Waals surface area (Å²) >= 11 is 0.738. The van der Waals surface area contributed by atoms with Gasteiger partial charge in [-0.25, -0.2) is 13.1 Å². The zero-order chi connectivity index (χ0) is 13.3. The molecule has 2 rings (SSSR count). The SMILES string of the molecule is Cc1[nH]c(=O)sc1S(=O)(=O)NC1CCN(C)CC1. The number of H-pyrrole nitrogens is 1. The van der Waals surface area contributed by atoms with Crippen LogP contribution in [0.1, 0.15) is 18.5 Å². The van der Waals surface area contributed by atoms with Crippen molar-refractivity contribution >= 4 is 21.4 Å². The van der Waals surface area contributed by atoms with Gasteiger partial charge in [0, 0.05) is 11.7 Å². The second-order valence-corrected chi connectivity index (χ2v) is 7.52. The van der Waals surface area contributed by atoms with Crippen molar-refractivity contribution < 1.29 is 8.42 Å². The van der Waals surface area contributed by atoms with E-state index < -0.39 is 10.0 Å². The third-order valence-corrected chi connectivity index (χ3v) is 6.19. The van der Waals surface area contributed by atoms with Crippen LogP contribution in [0.5, 0.6) is 0 Å². The number of rotatable bonds is 3. The number of aromatic amines is 1. The van der Waals surface area contributed by atoms with E-state index in [2.05, 4.69) is 14.6 Å². The summed E-state index contributed by atoms with van der Waals surface area (Å²) in [5, 5.41) is 0. The van der Waals surface area contributed by atoms with Crippen LogP contribution in [0.3, 0.4) is 0 Å². The maximum absolute atomic E-state index is 12.1. The van der Waals surface area contributed by atoms with Gasteiger partial charge in [0.15, 0.2) is 4.21 Å². The van der Waals surface area contributed by atoms with Gasteiger partial charge in [-0.05, 0) is 39.9 Å². The second kappa shape index (κ2) is 5.12. The normalized spacial score (nSPS) is 19.2. The minimum atomic E-state index is -3.57. The monoisotopic (exact) mass is 291 g/mol. The van der Waals surface area contributed by atoms with Crippen LogP contribution in [0.15, 0.2) is 9.00 Å². The van der Waals surface area contributed by atoms with E-state index in [1.165, 1.54) is 0 Å². The van der Waals surface area contributed by atoms with Gasteiger partial charge < -0.3 is 9.88 Å². The molecule has 102 valence electrons. The van der Waals surface area contributed by atoms with Gasteiger partial charge in [-0.3, -0.25) is 4.79 Å². The van der Waals surface area contributed by atoms with Crippen molar-refractivity contribution in [3.63, 3.8) is 0 Å². The van der Waals surface area contributed by atoms with Gasteiger partial charge in [0.25, 0.3) is 10.0 Å².